The van der Waals surface area contributed by atoms with E-state index >= 15 is 0 Å². The number of esters is 1. The Labute approximate surface area is 168 Å². The molecule has 146 valence electrons. The zero-order valence-corrected chi connectivity index (χ0v) is 17.9. The van der Waals surface area contributed by atoms with E-state index in [1.165, 1.54) is 29.8 Å². The van der Waals surface area contributed by atoms with Gasteiger partial charge < -0.3 is 9.64 Å². The normalized spacial score (nSPS) is 19.9. The number of hydrogen-bond acceptors (Lipinski definition) is 6. The third kappa shape index (κ3) is 4.24. The van der Waals surface area contributed by atoms with Crippen molar-refractivity contribution in [2.45, 2.75) is 52.5 Å². The van der Waals surface area contributed by atoms with E-state index in [2.05, 4.69) is 11.9 Å². The number of rotatable bonds is 5. The summed E-state index contributed by atoms with van der Waals surface area (Å²) in [5, 5.41) is 3.42. The molecule has 7 heteroatoms. The number of hydrogen-bond donors (Lipinski definition) is 0. The number of methoxy groups -OCH3 is 1. The van der Waals surface area contributed by atoms with Crippen LogP contribution in [0.3, 0.4) is 0 Å². The lowest BCUT2D eigenvalue weighted by molar-refractivity contribution is -0.123. The molecule has 0 bridgehead atoms. The number of thiophene rings is 1. The monoisotopic (exact) mass is 406 g/mol. The first-order valence-corrected chi connectivity index (χ1v) is 11.1. The van der Waals surface area contributed by atoms with Crippen LogP contribution in [0.25, 0.3) is 9.88 Å². The van der Waals surface area contributed by atoms with Crippen molar-refractivity contribution < 1.29 is 14.3 Å². The minimum atomic E-state index is -0.417. The maximum absolute atomic E-state index is 13.4. The number of nitrogens with zero attached hydrogens (tertiary/aromatic N) is 2. The predicted octanol–water partition coefficient (Wildman–Crippen LogP) is 5.23. The van der Waals surface area contributed by atoms with Gasteiger partial charge in [-0.2, -0.15) is 0 Å². The number of anilines is 1. The molecule has 1 aliphatic rings. The van der Waals surface area contributed by atoms with Crippen LogP contribution in [-0.2, 0) is 9.53 Å². The van der Waals surface area contributed by atoms with Crippen molar-refractivity contribution in [1.82, 2.24) is 4.98 Å². The zero-order chi connectivity index (χ0) is 19.6. The van der Waals surface area contributed by atoms with E-state index in [9.17, 15) is 9.59 Å². The van der Waals surface area contributed by atoms with Gasteiger partial charge in [0, 0.05) is 23.5 Å². The number of aromatic nitrogens is 1. The Balaban J connectivity index is 1.99. The Morgan fingerprint density at radius 2 is 1.96 bits per heavy atom. The molecule has 0 spiro atoms. The van der Waals surface area contributed by atoms with Gasteiger partial charge in [0.05, 0.1) is 17.6 Å². The van der Waals surface area contributed by atoms with Gasteiger partial charge in [-0.05, 0) is 51.5 Å². The summed E-state index contributed by atoms with van der Waals surface area (Å²) >= 11 is 2.96. The van der Waals surface area contributed by atoms with Crippen LogP contribution in [0.5, 0.6) is 0 Å². The maximum atomic E-state index is 13.4. The van der Waals surface area contributed by atoms with Crippen molar-refractivity contribution in [2.24, 2.45) is 11.8 Å². The molecule has 0 aliphatic heterocycles. The summed E-state index contributed by atoms with van der Waals surface area (Å²) in [6, 6.07) is 1.76. The highest BCUT2D eigenvalue weighted by Crippen LogP contribution is 2.41. The average Bonchev–Trinajstić information content (AvgIpc) is 3.31. The second-order valence-corrected chi connectivity index (χ2v) is 9.34. The molecule has 2 aromatic heterocycles. The predicted molar refractivity (Wildman–Crippen MR) is 111 cm³/mol. The number of carbonyl (C=O) groups excluding carboxylic acids is 2. The first kappa shape index (κ1) is 20.0. The summed E-state index contributed by atoms with van der Waals surface area (Å²) in [7, 11) is 1.37. The van der Waals surface area contributed by atoms with E-state index in [-0.39, 0.29) is 17.9 Å². The molecule has 0 saturated heterocycles. The van der Waals surface area contributed by atoms with Gasteiger partial charge in [-0.25, -0.2) is 9.78 Å². The van der Waals surface area contributed by atoms with Crippen LogP contribution in [0.2, 0.25) is 0 Å². The van der Waals surface area contributed by atoms with E-state index in [1.807, 2.05) is 19.2 Å². The van der Waals surface area contributed by atoms with Gasteiger partial charge in [-0.3, -0.25) is 4.79 Å². The SMILES string of the molecule is COC(=O)c1cc(-c2nccs2)sc1N(C(=O)C1CCC(C)CC1)C(C)C. The number of ether oxygens (including phenoxy) is 1. The average molecular weight is 407 g/mol. The van der Waals surface area contributed by atoms with Gasteiger partial charge in [0.25, 0.3) is 0 Å². The molecule has 2 heterocycles. The van der Waals surface area contributed by atoms with Crippen LogP contribution < -0.4 is 4.90 Å². The largest absolute Gasteiger partial charge is 0.465 e. The van der Waals surface area contributed by atoms with Crippen molar-refractivity contribution in [3.63, 3.8) is 0 Å². The van der Waals surface area contributed by atoms with Crippen molar-refractivity contribution in [1.29, 1.82) is 0 Å². The molecule has 0 atom stereocenters. The summed E-state index contributed by atoms with van der Waals surface area (Å²) in [4.78, 5) is 32.8. The van der Waals surface area contributed by atoms with Gasteiger partial charge in [-0.15, -0.1) is 22.7 Å². The number of carbonyl (C=O) groups is 2. The van der Waals surface area contributed by atoms with Crippen LogP contribution in [0.4, 0.5) is 5.00 Å². The summed E-state index contributed by atoms with van der Waals surface area (Å²) < 4.78 is 4.99. The molecule has 3 rings (SSSR count). The molecule has 1 amide bonds. The molecule has 2 aromatic rings. The van der Waals surface area contributed by atoms with Gasteiger partial charge >= 0.3 is 5.97 Å². The van der Waals surface area contributed by atoms with Crippen LogP contribution in [0.15, 0.2) is 17.6 Å². The van der Waals surface area contributed by atoms with E-state index in [1.54, 1.807) is 17.2 Å². The molecule has 0 unspecified atom stereocenters. The minimum Gasteiger partial charge on any atom is -0.465 e. The molecule has 1 saturated carbocycles. The summed E-state index contributed by atoms with van der Waals surface area (Å²) in [6.45, 7) is 6.23. The second kappa shape index (κ2) is 8.52. The quantitative estimate of drug-likeness (QED) is 0.638. The Morgan fingerprint density at radius 3 is 2.52 bits per heavy atom. The van der Waals surface area contributed by atoms with Gasteiger partial charge in [0.1, 0.15) is 10.0 Å². The lowest BCUT2D eigenvalue weighted by Crippen LogP contribution is -2.42. The standard InChI is InChI=1S/C20H26N2O3S2/c1-12(2)22(18(23)14-7-5-13(3)6-8-14)19-15(20(24)25-4)11-16(27-19)17-21-9-10-26-17/h9-14H,5-8H2,1-4H3. The Hall–Kier alpha value is -1.73. The molecular formula is C20H26N2O3S2. The first-order valence-electron chi connectivity index (χ1n) is 9.37. The molecule has 1 fully saturated rings. The molecular weight excluding hydrogens is 380 g/mol. The van der Waals surface area contributed by atoms with Gasteiger partial charge in [0.2, 0.25) is 5.91 Å². The third-order valence-electron chi connectivity index (χ3n) is 5.10. The molecule has 0 radical (unpaired) electrons. The summed E-state index contributed by atoms with van der Waals surface area (Å²) in [5.41, 5.74) is 0.443. The van der Waals surface area contributed by atoms with Crippen LogP contribution in [0.1, 0.15) is 56.8 Å². The van der Waals surface area contributed by atoms with Crippen molar-refractivity contribution in [3.8, 4) is 9.88 Å². The Kier molecular flexibility index (Phi) is 6.32. The van der Waals surface area contributed by atoms with E-state index < -0.39 is 5.97 Å². The van der Waals surface area contributed by atoms with E-state index in [0.717, 1.165) is 35.6 Å². The fourth-order valence-corrected chi connectivity index (χ4v) is 5.55. The number of thiazole rings is 1. The molecule has 1 aliphatic carbocycles. The Bertz CT molecular complexity index is 790. The highest BCUT2D eigenvalue weighted by Gasteiger charge is 2.34. The fourth-order valence-electron chi connectivity index (χ4n) is 3.56. The lowest BCUT2D eigenvalue weighted by Gasteiger charge is -2.33. The van der Waals surface area contributed by atoms with Crippen LogP contribution in [0, 0.1) is 11.8 Å². The maximum Gasteiger partial charge on any atom is 0.340 e. The molecule has 0 N–H and O–H groups in total. The van der Waals surface area contributed by atoms with Crippen molar-refractivity contribution in [2.75, 3.05) is 12.0 Å². The van der Waals surface area contributed by atoms with E-state index in [0.29, 0.717) is 16.5 Å². The van der Waals surface area contributed by atoms with Gasteiger partial charge in [-0.1, -0.05) is 6.92 Å². The topological polar surface area (TPSA) is 59.5 Å². The Morgan fingerprint density at radius 1 is 1.26 bits per heavy atom. The first-order chi connectivity index (χ1) is 12.9. The third-order valence-corrected chi connectivity index (χ3v) is 7.18. The van der Waals surface area contributed by atoms with Crippen molar-refractivity contribution in [3.05, 3.63) is 23.2 Å². The second-order valence-electron chi connectivity index (χ2n) is 7.42. The molecule has 5 nitrogen and oxygen atoms in total. The highest BCUT2D eigenvalue weighted by molar-refractivity contribution is 7.23. The van der Waals surface area contributed by atoms with Gasteiger partial charge in [0.15, 0.2) is 0 Å². The number of amides is 1. The lowest BCUT2D eigenvalue weighted by atomic mass is 9.82. The fraction of sp³-hybridized carbons (Fsp3) is 0.550. The summed E-state index contributed by atoms with van der Waals surface area (Å²) in [6.07, 6.45) is 5.75. The zero-order valence-electron chi connectivity index (χ0n) is 16.2. The van der Waals surface area contributed by atoms with Crippen molar-refractivity contribution >= 4 is 39.6 Å². The summed E-state index contributed by atoms with van der Waals surface area (Å²) in [5.74, 6) is 0.416. The van der Waals surface area contributed by atoms with Crippen LogP contribution >= 0.6 is 22.7 Å². The molecule has 27 heavy (non-hydrogen) atoms. The highest BCUT2D eigenvalue weighted by atomic mass is 32.1. The minimum absolute atomic E-state index is 0.0273. The van der Waals surface area contributed by atoms with Crippen LogP contribution in [-0.4, -0.2) is 30.0 Å². The van der Waals surface area contributed by atoms with E-state index in [4.69, 9.17) is 4.74 Å². The smallest absolute Gasteiger partial charge is 0.340 e. The molecule has 0 aromatic carbocycles.